The minimum Gasteiger partial charge on any atom is -0.385 e. The highest BCUT2D eigenvalue weighted by atomic mass is 28.4. The van der Waals surface area contributed by atoms with Crippen molar-refractivity contribution in [2.24, 2.45) is 0 Å². The van der Waals surface area contributed by atoms with E-state index in [4.69, 9.17) is 18.6 Å². The van der Waals surface area contributed by atoms with E-state index in [9.17, 15) is 0 Å². The van der Waals surface area contributed by atoms with E-state index < -0.39 is 28.2 Å². The molecule has 7 heteroatoms. The first kappa shape index (κ1) is 18.5. The summed E-state index contributed by atoms with van der Waals surface area (Å²) in [6.45, 7) is 17.4. The Hall–Kier alpha value is 0.491. The molecule has 0 aromatic carbocycles. The molecule has 0 aromatic heterocycles. The Labute approximate surface area is 129 Å². The topological polar surface area (TPSA) is 36.9 Å². The molecule has 4 nitrogen and oxygen atoms in total. The van der Waals surface area contributed by atoms with Crippen molar-refractivity contribution < 1.29 is 18.6 Å². The van der Waals surface area contributed by atoms with E-state index in [0.717, 1.165) is 23.1 Å². The summed E-state index contributed by atoms with van der Waals surface area (Å²) in [5.74, 6) is -1.42. The third-order valence-corrected chi connectivity index (χ3v) is 6.92. The second-order valence-electron chi connectivity index (χ2n) is 7.68. The fraction of sp³-hybridized carbons (Fsp3) is 1.00. The molecule has 0 bridgehead atoms. The van der Waals surface area contributed by atoms with Crippen molar-refractivity contribution in [3.05, 3.63) is 0 Å². The molecule has 1 fully saturated rings. The van der Waals surface area contributed by atoms with Crippen LogP contribution in [0.1, 0.15) is 26.7 Å². The van der Waals surface area contributed by atoms with Gasteiger partial charge in [0.15, 0.2) is 16.6 Å². The molecule has 3 atom stereocenters. The fourth-order valence-electron chi connectivity index (χ4n) is 2.55. The number of hydrogen-bond donors (Lipinski definition) is 0. The summed E-state index contributed by atoms with van der Waals surface area (Å²) in [6.07, 6.45) is 1.78. The van der Waals surface area contributed by atoms with Gasteiger partial charge in [0.25, 0.3) is 0 Å². The normalized spacial score (nSPS) is 33.0. The second-order valence-corrected chi connectivity index (χ2v) is 17.9. The smallest absolute Gasteiger partial charge is 0.249 e. The molecule has 1 saturated heterocycles. The summed E-state index contributed by atoms with van der Waals surface area (Å²) >= 11 is 0. The highest BCUT2D eigenvalue weighted by Crippen LogP contribution is 2.54. The maximum atomic E-state index is 6.49. The zero-order valence-electron chi connectivity index (χ0n) is 14.6. The summed E-state index contributed by atoms with van der Waals surface area (Å²) in [6, 6.07) is 0. The quantitative estimate of drug-likeness (QED) is 0.529. The van der Waals surface area contributed by atoms with Crippen molar-refractivity contribution in [1.29, 1.82) is 0 Å². The van der Waals surface area contributed by atoms with Crippen LogP contribution in [0.15, 0.2) is 0 Å². The fourth-order valence-corrected chi connectivity index (χ4v) is 6.05. The van der Waals surface area contributed by atoms with Gasteiger partial charge in [-0.2, -0.15) is 9.78 Å². The van der Waals surface area contributed by atoms with Crippen LogP contribution >= 0.6 is 0 Å². The summed E-state index contributed by atoms with van der Waals surface area (Å²) in [4.78, 5) is 11.2. The molecule has 20 heavy (non-hydrogen) atoms. The van der Waals surface area contributed by atoms with Crippen molar-refractivity contribution in [3.8, 4) is 0 Å². The van der Waals surface area contributed by atoms with Gasteiger partial charge in [-0.3, -0.25) is 0 Å². The maximum absolute atomic E-state index is 6.49. The van der Waals surface area contributed by atoms with Gasteiger partial charge in [-0.25, -0.2) is 0 Å². The lowest BCUT2D eigenvalue weighted by molar-refractivity contribution is -0.642. The third-order valence-electron chi connectivity index (χ3n) is 3.49. The van der Waals surface area contributed by atoms with Gasteiger partial charge in [0.2, 0.25) is 11.6 Å². The predicted molar refractivity (Wildman–Crippen MR) is 90.8 cm³/mol. The molecule has 1 aliphatic heterocycles. The van der Waals surface area contributed by atoms with Gasteiger partial charge in [-0.15, -0.1) is 0 Å². The van der Waals surface area contributed by atoms with Crippen LogP contribution in [0.4, 0.5) is 0 Å². The zero-order chi connectivity index (χ0) is 15.8. The molecule has 1 aliphatic rings. The Morgan fingerprint density at radius 2 is 1.45 bits per heavy atom. The Balaban J connectivity index is 3.16. The van der Waals surface area contributed by atoms with E-state index >= 15 is 0 Å². The molecule has 3 unspecified atom stereocenters. The lowest BCUT2D eigenvalue weighted by Crippen LogP contribution is -2.75. The maximum Gasteiger partial charge on any atom is 0.249 e. The first-order valence-corrected chi connectivity index (χ1v) is 15.7. The number of hydrogen-bond acceptors (Lipinski definition) is 4. The average molecular weight is 337 g/mol. The summed E-state index contributed by atoms with van der Waals surface area (Å²) in [5.41, 5.74) is 0.360. The molecule has 120 valence electrons. The Morgan fingerprint density at radius 1 is 0.950 bits per heavy atom. The Bertz CT molecular complexity index is 335. The van der Waals surface area contributed by atoms with Crippen LogP contribution in [0.5, 0.6) is 0 Å². The van der Waals surface area contributed by atoms with Crippen LogP contribution < -0.4 is 0 Å². The molecule has 1 heterocycles. The van der Waals surface area contributed by atoms with Gasteiger partial charge in [-0.1, -0.05) is 20.3 Å². The van der Waals surface area contributed by atoms with Crippen LogP contribution in [0.3, 0.4) is 0 Å². The van der Waals surface area contributed by atoms with Crippen molar-refractivity contribution in [3.63, 3.8) is 0 Å². The van der Waals surface area contributed by atoms with Crippen LogP contribution in [0.25, 0.3) is 0 Å². The van der Waals surface area contributed by atoms with Crippen LogP contribution in [-0.4, -0.2) is 38.5 Å². The van der Waals surface area contributed by atoms with E-state index in [2.05, 4.69) is 53.1 Å². The van der Waals surface area contributed by atoms with Crippen molar-refractivity contribution in [2.45, 2.75) is 83.1 Å². The molecule has 0 aliphatic carbocycles. The highest BCUT2D eigenvalue weighted by molar-refractivity contribution is 6.70. The predicted octanol–water partition coefficient (Wildman–Crippen LogP) is 3.02. The number of rotatable bonds is 7. The summed E-state index contributed by atoms with van der Waals surface area (Å²) < 4.78 is 12.9. The van der Waals surface area contributed by atoms with E-state index in [1.54, 1.807) is 0 Å². The molecule has 0 saturated carbocycles. The molecule has 0 aromatic rings. The van der Waals surface area contributed by atoms with Gasteiger partial charge < -0.3 is 8.85 Å². The standard InChI is InChI=1S/C13H32O4Si3/c1-9-11(18)13(17-20(6,7)8)12(10-2,14-15-13)16-19(3,4)5/h11H,9-10H2,1-8,18H3. The third kappa shape index (κ3) is 3.63. The summed E-state index contributed by atoms with van der Waals surface area (Å²) in [7, 11) is -2.53. The highest BCUT2D eigenvalue weighted by Gasteiger charge is 2.70. The Morgan fingerprint density at radius 3 is 1.70 bits per heavy atom. The minimum atomic E-state index is -1.77. The molecule has 0 amide bonds. The van der Waals surface area contributed by atoms with Crippen LogP contribution in [0, 0.1) is 0 Å². The van der Waals surface area contributed by atoms with Gasteiger partial charge in [-0.05, 0) is 39.3 Å². The largest absolute Gasteiger partial charge is 0.385 e. The first-order chi connectivity index (χ1) is 8.91. The van der Waals surface area contributed by atoms with Crippen molar-refractivity contribution in [2.75, 3.05) is 0 Å². The SMILES string of the molecule is CCC([SiH3])C1(O[Si](C)(C)C)OOC1(CC)O[Si](C)(C)C. The molecule has 0 N–H and O–H groups in total. The summed E-state index contributed by atoms with van der Waals surface area (Å²) in [5, 5.41) is 0. The van der Waals surface area contributed by atoms with Gasteiger partial charge in [0.05, 0.1) is 0 Å². The average Bonchev–Trinajstić information content (AvgIpc) is 2.28. The van der Waals surface area contributed by atoms with Gasteiger partial charge >= 0.3 is 0 Å². The van der Waals surface area contributed by atoms with E-state index in [1.807, 2.05) is 0 Å². The zero-order valence-corrected chi connectivity index (χ0v) is 18.6. The molecule has 0 spiro atoms. The second kappa shape index (κ2) is 5.94. The molecule has 0 radical (unpaired) electrons. The lowest BCUT2D eigenvalue weighted by Gasteiger charge is -2.60. The van der Waals surface area contributed by atoms with Gasteiger partial charge in [0.1, 0.15) is 0 Å². The van der Waals surface area contributed by atoms with E-state index in [1.165, 1.54) is 0 Å². The van der Waals surface area contributed by atoms with Crippen molar-refractivity contribution in [1.82, 2.24) is 0 Å². The monoisotopic (exact) mass is 336 g/mol. The minimum absolute atomic E-state index is 0.360. The van der Waals surface area contributed by atoms with E-state index in [-0.39, 0.29) is 0 Å². The molecule has 1 rings (SSSR count). The van der Waals surface area contributed by atoms with Gasteiger partial charge in [0, 0.05) is 22.2 Å². The van der Waals surface area contributed by atoms with Crippen molar-refractivity contribution >= 4 is 26.9 Å². The first-order valence-electron chi connectivity index (χ1n) is 7.68. The van der Waals surface area contributed by atoms with E-state index in [0.29, 0.717) is 5.54 Å². The molecular weight excluding hydrogens is 304 g/mol. The lowest BCUT2D eigenvalue weighted by atomic mass is 9.96. The van der Waals surface area contributed by atoms with Crippen LogP contribution in [-0.2, 0) is 18.6 Å². The Kier molecular flexibility index (Phi) is 5.51. The van der Waals surface area contributed by atoms with Crippen LogP contribution in [0.2, 0.25) is 44.8 Å². The molecular formula is C13H32O4Si3.